The van der Waals surface area contributed by atoms with Crippen LogP contribution in [0.5, 0.6) is 0 Å². The molecule has 1 aromatic carbocycles. The number of carbonyl (C=O) groups is 1. The summed E-state index contributed by atoms with van der Waals surface area (Å²) in [5, 5.41) is 7.21. The van der Waals surface area contributed by atoms with E-state index in [1.54, 1.807) is 24.3 Å². The van der Waals surface area contributed by atoms with E-state index in [9.17, 15) is 9.59 Å². The van der Waals surface area contributed by atoms with Crippen molar-refractivity contribution >= 4 is 5.97 Å². The molecular weight excluding hydrogens is 348 g/mol. The second-order valence-corrected chi connectivity index (χ2v) is 6.28. The van der Waals surface area contributed by atoms with Crippen LogP contribution in [0, 0.1) is 0 Å². The molecule has 0 atom stereocenters. The van der Waals surface area contributed by atoms with Gasteiger partial charge in [-0.05, 0) is 23.3 Å². The van der Waals surface area contributed by atoms with Gasteiger partial charge in [-0.1, -0.05) is 23.4 Å². The molecular formula is C19H18N4O4. The summed E-state index contributed by atoms with van der Waals surface area (Å²) in [5.74, 6) is 0.121. The Kier molecular flexibility index (Phi) is 4.55. The normalized spacial score (nSPS) is 13.2. The van der Waals surface area contributed by atoms with Gasteiger partial charge in [-0.3, -0.25) is 4.79 Å². The first-order valence-corrected chi connectivity index (χ1v) is 8.60. The zero-order valence-electron chi connectivity index (χ0n) is 14.7. The number of benzene rings is 1. The predicted molar refractivity (Wildman–Crippen MR) is 96.4 cm³/mol. The lowest BCUT2D eigenvalue weighted by Gasteiger charge is -2.16. The van der Waals surface area contributed by atoms with Crippen LogP contribution in [-0.2, 0) is 24.1 Å². The van der Waals surface area contributed by atoms with Crippen LogP contribution in [0.15, 0.2) is 39.6 Å². The number of nitrogens with zero attached hydrogens (tertiary/aromatic N) is 2. The van der Waals surface area contributed by atoms with Gasteiger partial charge >= 0.3 is 5.97 Å². The summed E-state index contributed by atoms with van der Waals surface area (Å²) < 4.78 is 10.1. The first kappa shape index (κ1) is 17.2. The molecule has 1 aliphatic rings. The number of hydrogen-bond acceptors (Lipinski definition) is 7. The van der Waals surface area contributed by atoms with Gasteiger partial charge in [0.15, 0.2) is 0 Å². The summed E-state index contributed by atoms with van der Waals surface area (Å²) in [6.07, 6.45) is 1.05. The molecule has 8 nitrogen and oxygen atoms in total. The second-order valence-electron chi connectivity index (χ2n) is 6.28. The number of nitrogens with one attached hydrogen (secondary N) is 2. The summed E-state index contributed by atoms with van der Waals surface area (Å²) >= 11 is 0. The van der Waals surface area contributed by atoms with Gasteiger partial charge in [0.05, 0.1) is 24.7 Å². The Morgan fingerprint density at radius 3 is 3.04 bits per heavy atom. The van der Waals surface area contributed by atoms with Gasteiger partial charge in [0.25, 0.3) is 5.56 Å². The molecule has 0 spiro atoms. The molecule has 138 valence electrons. The number of H-pyrrole nitrogens is 1. The number of fused-ring (bicyclic) bond motifs is 1. The third kappa shape index (κ3) is 3.39. The van der Waals surface area contributed by atoms with Gasteiger partial charge in [-0.25, -0.2) is 4.79 Å². The van der Waals surface area contributed by atoms with E-state index in [0.29, 0.717) is 29.1 Å². The van der Waals surface area contributed by atoms with Crippen LogP contribution in [0.3, 0.4) is 0 Å². The minimum atomic E-state index is -0.427. The predicted octanol–water partition coefficient (Wildman–Crippen LogP) is 1.45. The van der Waals surface area contributed by atoms with Crippen molar-refractivity contribution in [2.24, 2.45) is 0 Å². The van der Waals surface area contributed by atoms with Crippen molar-refractivity contribution < 1.29 is 14.1 Å². The highest BCUT2D eigenvalue weighted by Gasteiger charge is 2.19. The Morgan fingerprint density at radius 1 is 1.33 bits per heavy atom. The zero-order chi connectivity index (χ0) is 18.8. The highest BCUT2D eigenvalue weighted by Crippen LogP contribution is 2.19. The van der Waals surface area contributed by atoms with E-state index in [1.165, 1.54) is 7.11 Å². The van der Waals surface area contributed by atoms with Gasteiger partial charge in [-0.2, -0.15) is 4.98 Å². The lowest BCUT2D eigenvalue weighted by atomic mass is 10.0. The number of aromatic amines is 1. The molecule has 0 amide bonds. The highest BCUT2D eigenvalue weighted by molar-refractivity contribution is 5.91. The zero-order valence-corrected chi connectivity index (χ0v) is 14.7. The molecule has 1 aliphatic heterocycles. The van der Waals surface area contributed by atoms with Gasteiger partial charge in [0.2, 0.25) is 11.7 Å². The van der Waals surface area contributed by atoms with Crippen molar-refractivity contribution in [1.82, 2.24) is 20.4 Å². The Morgan fingerprint density at radius 2 is 2.19 bits per heavy atom. The number of hydrogen-bond donors (Lipinski definition) is 2. The third-order valence-corrected chi connectivity index (χ3v) is 4.56. The van der Waals surface area contributed by atoms with Gasteiger partial charge < -0.3 is 19.6 Å². The molecule has 0 fully saturated rings. The summed E-state index contributed by atoms with van der Waals surface area (Å²) in [7, 11) is 1.33. The van der Waals surface area contributed by atoms with Crippen LogP contribution in [0.25, 0.3) is 11.4 Å². The molecule has 0 bridgehead atoms. The van der Waals surface area contributed by atoms with Gasteiger partial charge in [-0.15, -0.1) is 0 Å². The van der Waals surface area contributed by atoms with Crippen molar-refractivity contribution in [3.05, 3.63) is 69.0 Å². The molecule has 2 aromatic heterocycles. The van der Waals surface area contributed by atoms with Crippen LogP contribution in [-0.4, -0.2) is 34.7 Å². The SMILES string of the molecule is COC(=O)c1ccccc1Cc1nc(-c2cc3c([nH]c2=O)CCNC3)no1. The quantitative estimate of drug-likeness (QED) is 0.672. The molecule has 2 N–H and O–H groups in total. The van der Waals surface area contributed by atoms with E-state index in [1.807, 2.05) is 6.07 Å². The largest absolute Gasteiger partial charge is 0.465 e. The number of aromatic nitrogens is 3. The first-order chi connectivity index (χ1) is 13.2. The fourth-order valence-electron chi connectivity index (χ4n) is 3.18. The lowest BCUT2D eigenvalue weighted by Crippen LogP contribution is -2.27. The standard InChI is InChI=1S/C19H18N4O4/c1-26-19(25)13-5-3-2-4-11(13)9-16-22-17(23-27-16)14-8-12-10-20-7-6-15(12)21-18(14)24/h2-5,8,20H,6-7,9-10H2,1H3,(H,21,24). The number of carbonyl (C=O) groups excluding carboxylic acids is 1. The van der Waals surface area contributed by atoms with Gasteiger partial charge in [0.1, 0.15) is 0 Å². The van der Waals surface area contributed by atoms with E-state index >= 15 is 0 Å². The average Bonchev–Trinajstić information content (AvgIpc) is 3.15. The Balaban J connectivity index is 1.64. The third-order valence-electron chi connectivity index (χ3n) is 4.56. The summed E-state index contributed by atoms with van der Waals surface area (Å²) in [4.78, 5) is 31.5. The lowest BCUT2D eigenvalue weighted by molar-refractivity contribution is 0.0599. The highest BCUT2D eigenvalue weighted by atomic mass is 16.5. The fraction of sp³-hybridized carbons (Fsp3) is 0.263. The molecule has 0 saturated carbocycles. The second kappa shape index (κ2) is 7.16. The number of pyridine rings is 1. The number of esters is 1. The Bertz CT molecular complexity index is 1050. The smallest absolute Gasteiger partial charge is 0.338 e. The maximum absolute atomic E-state index is 12.4. The van der Waals surface area contributed by atoms with Crippen LogP contribution in [0.4, 0.5) is 0 Å². The molecule has 0 aliphatic carbocycles. The van der Waals surface area contributed by atoms with Crippen LogP contribution < -0.4 is 10.9 Å². The molecule has 8 heteroatoms. The molecule has 0 radical (unpaired) electrons. The minimum absolute atomic E-state index is 0.232. The topological polar surface area (TPSA) is 110 Å². The van der Waals surface area contributed by atoms with Crippen LogP contribution in [0.1, 0.15) is 33.1 Å². The Hall–Kier alpha value is -3.26. The number of rotatable bonds is 4. The molecule has 0 saturated heterocycles. The monoisotopic (exact) mass is 366 g/mol. The van der Waals surface area contributed by atoms with E-state index in [2.05, 4.69) is 20.4 Å². The van der Waals surface area contributed by atoms with Crippen LogP contribution >= 0.6 is 0 Å². The first-order valence-electron chi connectivity index (χ1n) is 8.60. The Labute approximate surface area is 154 Å². The number of ether oxygens (including phenoxy) is 1. The summed E-state index contributed by atoms with van der Waals surface area (Å²) in [6, 6.07) is 8.86. The van der Waals surface area contributed by atoms with Crippen molar-refractivity contribution in [3.8, 4) is 11.4 Å². The van der Waals surface area contributed by atoms with E-state index < -0.39 is 5.97 Å². The molecule has 27 heavy (non-hydrogen) atoms. The van der Waals surface area contributed by atoms with Crippen molar-refractivity contribution in [1.29, 1.82) is 0 Å². The summed E-state index contributed by atoms with van der Waals surface area (Å²) in [6.45, 7) is 1.53. The maximum Gasteiger partial charge on any atom is 0.338 e. The average molecular weight is 366 g/mol. The van der Waals surface area contributed by atoms with E-state index in [-0.39, 0.29) is 17.8 Å². The van der Waals surface area contributed by atoms with Crippen molar-refractivity contribution in [3.63, 3.8) is 0 Å². The van der Waals surface area contributed by atoms with Crippen LogP contribution in [0.2, 0.25) is 0 Å². The maximum atomic E-state index is 12.4. The molecule has 0 unspecified atom stereocenters. The fourth-order valence-corrected chi connectivity index (χ4v) is 3.18. The molecule has 3 heterocycles. The molecule has 4 rings (SSSR count). The van der Waals surface area contributed by atoms with E-state index in [4.69, 9.17) is 9.26 Å². The molecule has 3 aromatic rings. The van der Waals surface area contributed by atoms with Gasteiger partial charge in [0, 0.05) is 25.2 Å². The van der Waals surface area contributed by atoms with E-state index in [0.717, 1.165) is 24.2 Å². The number of methoxy groups -OCH3 is 1. The van der Waals surface area contributed by atoms with Crippen molar-refractivity contribution in [2.75, 3.05) is 13.7 Å². The summed E-state index contributed by atoms with van der Waals surface area (Å²) in [5.41, 5.74) is 3.25. The minimum Gasteiger partial charge on any atom is -0.465 e. The van der Waals surface area contributed by atoms with Crippen molar-refractivity contribution in [2.45, 2.75) is 19.4 Å².